The van der Waals surface area contributed by atoms with Gasteiger partial charge in [0.2, 0.25) is 5.91 Å². The van der Waals surface area contributed by atoms with E-state index in [1.54, 1.807) is 18.2 Å². The molecule has 0 atom stereocenters. The zero-order chi connectivity index (χ0) is 26.7. The molecule has 196 valence electrons. The van der Waals surface area contributed by atoms with Crippen LogP contribution in [0.4, 0.5) is 11.5 Å². The van der Waals surface area contributed by atoms with Crippen LogP contribution in [0.5, 0.6) is 0 Å². The average molecular weight is 546 g/mol. The summed E-state index contributed by atoms with van der Waals surface area (Å²) >= 11 is 6.05. The first-order valence-corrected chi connectivity index (χ1v) is 13.6. The highest BCUT2D eigenvalue weighted by molar-refractivity contribution is 7.92. The third-order valence-corrected chi connectivity index (χ3v) is 7.80. The standard InChI is InChI=1S/C25H28ClN5O5S/c1-16(2)27-24(32)15-30-9-11-31(12-10-30)23-14-19(25(33)34)18-13-17(7-8-21(18)28-23)29-37(35,36)22-6-4-3-5-20(22)26/h3-8,13-14,16,29H,9-12,15H2,1-2H3,(H,27,32)(H,33,34). The molecule has 1 aliphatic rings. The van der Waals surface area contributed by atoms with Crippen LogP contribution in [0.15, 0.2) is 53.4 Å². The van der Waals surface area contributed by atoms with Crippen molar-refractivity contribution < 1.29 is 23.1 Å². The van der Waals surface area contributed by atoms with E-state index in [-0.39, 0.29) is 33.1 Å². The summed E-state index contributed by atoms with van der Waals surface area (Å²) in [5, 5.41) is 13.2. The Labute approximate surface area is 220 Å². The highest BCUT2D eigenvalue weighted by Gasteiger charge is 2.23. The first kappa shape index (κ1) is 26.6. The van der Waals surface area contributed by atoms with Crippen LogP contribution in [0.3, 0.4) is 0 Å². The monoisotopic (exact) mass is 545 g/mol. The van der Waals surface area contributed by atoms with Crippen LogP contribution in [-0.4, -0.2) is 74.1 Å². The minimum absolute atomic E-state index is 0.0116. The fourth-order valence-corrected chi connectivity index (χ4v) is 5.76. The maximum Gasteiger partial charge on any atom is 0.336 e. The van der Waals surface area contributed by atoms with Gasteiger partial charge in [0.1, 0.15) is 10.7 Å². The van der Waals surface area contributed by atoms with Gasteiger partial charge in [-0.2, -0.15) is 0 Å². The Morgan fingerprint density at radius 1 is 1.08 bits per heavy atom. The van der Waals surface area contributed by atoms with Crippen molar-refractivity contribution in [2.45, 2.75) is 24.8 Å². The van der Waals surface area contributed by atoms with Crippen molar-refractivity contribution in [3.05, 3.63) is 59.1 Å². The Morgan fingerprint density at radius 2 is 1.78 bits per heavy atom. The normalized spacial score (nSPS) is 14.6. The van der Waals surface area contributed by atoms with Gasteiger partial charge in [0, 0.05) is 43.3 Å². The van der Waals surface area contributed by atoms with E-state index in [1.165, 1.54) is 30.3 Å². The number of piperazine rings is 1. The van der Waals surface area contributed by atoms with E-state index in [0.717, 1.165) is 0 Å². The van der Waals surface area contributed by atoms with E-state index in [0.29, 0.717) is 49.4 Å². The van der Waals surface area contributed by atoms with Gasteiger partial charge in [0.25, 0.3) is 10.0 Å². The van der Waals surface area contributed by atoms with Crippen molar-refractivity contribution in [1.82, 2.24) is 15.2 Å². The van der Waals surface area contributed by atoms with Gasteiger partial charge in [0.15, 0.2) is 0 Å². The molecule has 1 fully saturated rings. The first-order valence-electron chi connectivity index (χ1n) is 11.8. The molecule has 0 bridgehead atoms. The molecule has 0 spiro atoms. The number of fused-ring (bicyclic) bond motifs is 1. The van der Waals surface area contributed by atoms with Crippen LogP contribution in [0.2, 0.25) is 5.02 Å². The summed E-state index contributed by atoms with van der Waals surface area (Å²) < 4.78 is 28.1. The van der Waals surface area contributed by atoms with Gasteiger partial charge in [-0.3, -0.25) is 14.4 Å². The molecular formula is C25H28ClN5O5S. The molecule has 0 aliphatic carbocycles. The fourth-order valence-electron chi connectivity index (χ4n) is 4.19. The molecule has 3 aromatic rings. The lowest BCUT2D eigenvalue weighted by Gasteiger charge is -2.35. The number of carboxylic acids is 1. The van der Waals surface area contributed by atoms with E-state index in [9.17, 15) is 23.1 Å². The lowest BCUT2D eigenvalue weighted by molar-refractivity contribution is -0.122. The van der Waals surface area contributed by atoms with E-state index in [2.05, 4.69) is 15.0 Å². The molecule has 2 aromatic carbocycles. The second kappa shape index (κ2) is 10.9. The second-order valence-electron chi connectivity index (χ2n) is 9.09. The quantitative estimate of drug-likeness (QED) is 0.393. The molecule has 1 saturated heterocycles. The number of hydrogen-bond acceptors (Lipinski definition) is 7. The second-order valence-corrected chi connectivity index (χ2v) is 11.1. The van der Waals surface area contributed by atoms with Crippen LogP contribution in [0.25, 0.3) is 10.9 Å². The van der Waals surface area contributed by atoms with Crippen LogP contribution in [0.1, 0.15) is 24.2 Å². The number of hydrogen-bond donors (Lipinski definition) is 3. The zero-order valence-corrected chi connectivity index (χ0v) is 22.0. The number of carbonyl (C=O) groups excluding carboxylic acids is 1. The lowest BCUT2D eigenvalue weighted by atomic mass is 10.1. The summed E-state index contributed by atoms with van der Waals surface area (Å²) in [6.07, 6.45) is 0. The van der Waals surface area contributed by atoms with Gasteiger partial charge in [-0.25, -0.2) is 18.2 Å². The summed E-state index contributed by atoms with van der Waals surface area (Å²) in [6.45, 7) is 6.58. The zero-order valence-electron chi connectivity index (χ0n) is 20.4. The number of aromatic nitrogens is 1. The summed E-state index contributed by atoms with van der Waals surface area (Å²) in [5.41, 5.74) is 0.629. The van der Waals surface area contributed by atoms with Crippen molar-refractivity contribution in [3.63, 3.8) is 0 Å². The van der Waals surface area contributed by atoms with Crippen LogP contribution in [-0.2, 0) is 14.8 Å². The van der Waals surface area contributed by atoms with E-state index >= 15 is 0 Å². The summed E-state index contributed by atoms with van der Waals surface area (Å²) in [7, 11) is -3.98. The molecule has 0 saturated carbocycles. The Hall–Kier alpha value is -3.41. The number of aromatic carboxylic acids is 1. The van der Waals surface area contributed by atoms with E-state index in [4.69, 9.17) is 11.6 Å². The largest absolute Gasteiger partial charge is 0.478 e. The van der Waals surface area contributed by atoms with Crippen molar-refractivity contribution in [1.29, 1.82) is 0 Å². The number of amides is 1. The average Bonchev–Trinajstić information content (AvgIpc) is 2.83. The number of rotatable bonds is 8. The van der Waals surface area contributed by atoms with Crippen LogP contribution < -0.4 is 14.9 Å². The van der Waals surface area contributed by atoms with Crippen molar-refractivity contribution in [2.75, 3.05) is 42.3 Å². The smallest absolute Gasteiger partial charge is 0.336 e. The fraction of sp³-hybridized carbons (Fsp3) is 0.320. The lowest BCUT2D eigenvalue weighted by Crippen LogP contribution is -2.50. The molecule has 0 radical (unpaired) electrons. The Balaban J connectivity index is 1.55. The molecular weight excluding hydrogens is 518 g/mol. The number of carbonyl (C=O) groups is 2. The predicted molar refractivity (Wildman–Crippen MR) is 143 cm³/mol. The third kappa shape index (κ3) is 6.30. The molecule has 12 heteroatoms. The minimum Gasteiger partial charge on any atom is -0.478 e. The number of nitrogens with one attached hydrogen (secondary N) is 2. The number of anilines is 2. The van der Waals surface area contributed by atoms with Gasteiger partial charge < -0.3 is 15.3 Å². The van der Waals surface area contributed by atoms with Gasteiger partial charge >= 0.3 is 5.97 Å². The number of sulfonamides is 1. The van der Waals surface area contributed by atoms with Crippen LogP contribution >= 0.6 is 11.6 Å². The van der Waals surface area contributed by atoms with Gasteiger partial charge in [-0.1, -0.05) is 23.7 Å². The highest BCUT2D eigenvalue weighted by atomic mass is 35.5. The maximum absolute atomic E-state index is 12.8. The van der Waals surface area contributed by atoms with E-state index < -0.39 is 16.0 Å². The number of benzene rings is 2. The number of pyridine rings is 1. The number of nitrogens with zero attached hydrogens (tertiary/aromatic N) is 3. The molecule has 10 nitrogen and oxygen atoms in total. The molecule has 3 N–H and O–H groups in total. The van der Waals surface area contributed by atoms with Crippen molar-refractivity contribution >= 4 is 55.9 Å². The molecule has 2 heterocycles. The molecule has 1 amide bonds. The summed E-state index contributed by atoms with van der Waals surface area (Å²) in [6, 6.07) is 12.2. The Kier molecular flexibility index (Phi) is 7.86. The minimum atomic E-state index is -3.98. The predicted octanol–water partition coefficient (Wildman–Crippen LogP) is 3.03. The molecule has 1 aliphatic heterocycles. The Morgan fingerprint density at radius 3 is 2.43 bits per heavy atom. The molecule has 37 heavy (non-hydrogen) atoms. The highest BCUT2D eigenvalue weighted by Crippen LogP contribution is 2.29. The van der Waals surface area contributed by atoms with Crippen molar-refractivity contribution in [3.8, 4) is 0 Å². The van der Waals surface area contributed by atoms with Gasteiger partial charge in [0.05, 0.1) is 22.6 Å². The van der Waals surface area contributed by atoms with Gasteiger partial charge in [-0.05, 0) is 50.2 Å². The molecule has 1 aromatic heterocycles. The topological polar surface area (TPSA) is 132 Å². The third-order valence-electron chi connectivity index (χ3n) is 5.92. The van der Waals surface area contributed by atoms with Crippen LogP contribution in [0, 0.1) is 0 Å². The first-order chi connectivity index (χ1) is 17.5. The summed E-state index contributed by atoms with van der Waals surface area (Å²) in [5.74, 6) is -0.661. The van der Waals surface area contributed by atoms with E-state index in [1.807, 2.05) is 23.6 Å². The molecule has 4 rings (SSSR count). The SMILES string of the molecule is CC(C)NC(=O)CN1CCN(c2cc(C(=O)O)c3cc(NS(=O)(=O)c4ccccc4Cl)ccc3n2)CC1. The summed E-state index contributed by atoms with van der Waals surface area (Å²) in [4.78, 5) is 32.8. The number of halogens is 1. The van der Waals surface area contributed by atoms with Gasteiger partial charge in [-0.15, -0.1) is 0 Å². The maximum atomic E-state index is 12.8. The van der Waals surface area contributed by atoms with Crippen molar-refractivity contribution in [2.24, 2.45) is 0 Å². The number of carboxylic acid groups (broad SMARTS) is 1. The Bertz CT molecular complexity index is 1440. The molecule has 0 unspecified atom stereocenters.